The summed E-state index contributed by atoms with van der Waals surface area (Å²) >= 11 is 0. The minimum Gasteiger partial charge on any atom is -0.309 e. The molecule has 16 aromatic rings. The molecule has 0 saturated carbocycles. The van der Waals surface area contributed by atoms with Crippen LogP contribution >= 0.6 is 0 Å². The average molecular weight is 1060 g/mol. The molecule has 0 N–H and O–H groups in total. The Hall–Kier alpha value is -10.9. The Morgan fingerprint density at radius 2 is 0.573 bits per heavy atom. The van der Waals surface area contributed by atoms with Crippen LogP contribution in [0.25, 0.3) is 129 Å². The molecular weight excluding hydrogens is 1020 g/mol. The molecule has 0 atom stereocenters. The summed E-state index contributed by atoms with van der Waals surface area (Å²) in [5.74, 6) is 3.46. The Morgan fingerprint density at radius 3 is 1.04 bits per heavy atom. The number of hydrogen-bond donors (Lipinski definition) is 0. The number of fused-ring (bicyclic) bond motifs is 11. The molecule has 0 saturated heterocycles. The molecular formula is C72H45N9Si. The molecule has 17 rings (SSSR count). The lowest BCUT2D eigenvalue weighted by molar-refractivity contribution is 0.953. The van der Waals surface area contributed by atoms with E-state index >= 15 is 0 Å². The van der Waals surface area contributed by atoms with Gasteiger partial charge in [0.25, 0.3) is 0 Å². The van der Waals surface area contributed by atoms with Crippen molar-refractivity contribution in [2.75, 3.05) is 0 Å². The van der Waals surface area contributed by atoms with Crippen molar-refractivity contribution in [3.63, 3.8) is 0 Å². The lowest BCUT2D eigenvalue weighted by Crippen LogP contribution is -2.76. The highest BCUT2D eigenvalue weighted by Gasteiger charge is 2.48. The van der Waals surface area contributed by atoms with Gasteiger partial charge in [-0.05, 0) is 57.1 Å². The van der Waals surface area contributed by atoms with Gasteiger partial charge in [0.15, 0.2) is 31.4 Å². The zero-order valence-corrected chi connectivity index (χ0v) is 45.0. The minimum absolute atomic E-state index is 0.552. The minimum atomic E-state index is -3.41. The van der Waals surface area contributed by atoms with Gasteiger partial charge >= 0.3 is 0 Å². The van der Waals surface area contributed by atoms with Crippen molar-refractivity contribution in [1.82, 2.24) is 43.6 Å². The molecule has 6 heterocycles. The smallest absolute Gasteiger partial charge is 0.238 e. The van der Waals surface area contributed by atoms with E-state index in [-0.39, 0.29) is 0 Å². The molecule has 11 aromatic carbocycles. The summed E-state index contributed by atoms with van der Waals surface area (Å²) < 4.78 is 6.87. The van der Waals surface area contributed by atoms with Gasteiger partial charge in [0.1, 0.15) is 0 Å². The monoisotopic (exact) mass is 1060 g/mol. The SMILES string of the molecule is c1ccc(-c2nc(-c3cccc([Si]4(c5cccc(-c6nc(-c7ccccc7)nc(-n7c8ccccc8c8ccccc87)n6)c5)c5ccccc5-n5c6ccccc6c6cccc4c65)c3)nc(-n3c4ccccc4c4ccccc43)n2)cc1. The van der Waals surface area contributed by atoms with E-state index in [4.69, 9.17) is 29.9 Å². The topological polar surface area (TPSA) is 92.1 Å². The van der Waals surface area contributed by atoms with Gasteiger partial charge in [-0.1, -0.05) is 237 Å². The van der Waals surface area contributed by atoms with Crippen molar-refractivity contribution in [3.05, 3.63) is 273 Å². The Morgan fingerprint density at radius 1 is 0.244 bits per heavy atom. The lowest BCUT2D eigenvalue weighted by atomic mass is 10.1. The summed E-state index contributed by atoms with van der Waals surface area (Å²) in [5, 5.41) is 11.9. The van der Waals surface area contributed by atoms with Crippen LogP contribution in [0, 0.1) is 0 Å². The first-order valence-corrected chi connectivity index (χ1v) is 29.6. The van der Waals surface area contributed by atoms with Crippen LogP contribution in [-0.2, 0) is 0 Å². The molecule has 82 heavy (non-hydrogen) atoms. The number of rotatable bonds is 8. The first kappa shape index (κ1) is 46.0. The maximum Gasteiger partial charge on any atom is 0.238 e. The fourth-order valence-corrected chi connectivity index (χ4v) is 18.3. The van der Waals surface area contributed by atoms with Gasteiger partial charge in [0, 0.05) is 60.3 Å². The second-order valence-electron chi connectivity index (χ2n) is 21.0. The molecule has 5 aromatic heterocycles. The van der Waals surface area contributed by atoms with Gasteiger partial charge in [-0.3, -0.25) is 9.13 Å². The average Bonchev–Trinajstić information content (AvgIpc) is 3.59. The molecule has 0 unspecified atom stereocenters. The van der Waals surface area contributed by atoms with E-state index in [0.717, 1.165) is 71.6 Å². The van der Waals surface area contributed by atoms with Crippen LogP contribution in [0.15, 0.2) is 273 Å². The summed E-state index contributed by atoms with van der Waals surface area (Å²) in [6.07, 6.45) is 0. The highest BCUT2D eigenvalue weighted by atomic mass is 28.3. The first-order chi connectivity index (χ1) is 40.7. The Bertz CT molecular complexity index is 4910. The van der Waals surface area contributed by atoms with Crippen LogP contribution in [0.5, 0.6) is 0 Å². The third kappa shape index (κ3) is 6.79. The zero-order chi connectivity index (χ0) is 53.9. The molecule has 9 nitrogen and oxygen atoms in total. The summed E-state index contributed by atoms with van der Waals surface area (Å²) in [6.45, 7) is 0. The highest BCUT2D eigenvalue weighted by Crippen LogP contribution is 2.38. The van der Waals surface area contributed by atoms with E-state index in [0.29, 0.717) is 35.2 Å². The van der Waals surface area contributed by atoms with Crippen molar-refractivity contribution in [2.45, 2.75) is 0 Å². The first-order valence-electron chi connectivity index (χ1n) is 27.6. The Labute approximate surface area is 471 Å². The van der Waals surface area contributed by atoms with Crippen LogP contribution in [0.2, 0.25) is 0 Å². The van der Waals surface area contributed by atoms with Crippen molar-refractivity contribution in [3.8, 4) is 63.1 Å². The quantitative estimate of drug-likeness (QED) is 0.141. The van der Waals surface area contributed by atoms with Gasteiger partial charge in [-0.25, -0.2) is 9.97 Å². The molecule has 1 aliphatic heterocycles. The van der Waals surface area contributed by atoms with Gasteiger partial charge in [0.05, 0.1) is 33.1 Å². The summed E-state index contributed by atoms with van der Waals surface area (Å²) in [4.78, 5) is 32.3. The molecule has 1 aliphatic rings. The summed E-state index contributed by atoms with van der Waals surface area (Å²) in [7, 11) is -3.41. The van der Waals surface area contributed by atoms with E-state index < -0.39 is 8.07 Å². The summed E-state index contributed by atoms with van der Waals surface area (Å²) in [6, 6.07) is 97.3. The van der Waals surface area contributed by atoms with Crippen molar-refractivity contribution >= 4 is 94.2 Å². The number of benzene rings is 11. The van der Waals surface area contributed by atoms with Crippen molar-refractivity contribution in [1.29, 1.82) is 0 Å². The molecule has 10 heteroatoms. The van der Waals surface area contributed by atoms with Crippen molar-refractivity contribution in [2.24, 2.45) is 0 Å². The van der Waals surface area contributed by atoms with Crippen LogP contribution in [0.1, 0.15) is 0 Å². The van der Waals surface area contributed by atoms with Crippen LogP contribution in [0.4, 0.5) is 0 Å². The summed E-state index contributed by atoms with van der Waals surface area (Å²) in [5.41, 5.74) is 11.2. The highest BCUT2D eigenvalue weighted by molar-refractivity contribution is 7.21. The number of hydrogen-bond acceptors (Lipinski definition) is 6. The third-order valence-electron chi connectivity index (χ3n) is 16.6. The van der Waals surface area contributed by atoms with Crippen LogP contribution < -0.4 is 20.7 Å². The van der Waals surface area contributed by atoms with E-state index in [2.05, 4.69) is 250 Å². The van der Waals surface area contributed by atoms with Crippen LogP contribution in [0.3, 0.4) is 0 Å². The van der Waals surface area contributed by atoms with E-state index in [9.17, 15) is 0 Å². The predicted molar refractivity (Wildman–Crippen MR) is 335 cm³/mol. The standard InChI is InChI=1S/C72H45N9Si/c1-3-22-46(23-4-1)67-73-69(77-71(75-67)80-59-37-13-7-30-52(59)53-31-8-14-38-60(53)80)48-26-19-28-50(44-48)82(64-42-18-17-41-63(64)79-58-36-12-11-34-56(58)57-35-21-43-65(82)66(57)79)51-29-20-27-49(45-51)70-74-68(47-24-5-2-6-25-47)76-72(78-70)81-61-39-15-9-32-54(61)55-33-10-16-40-62(55)81/h1-45H. The molecule has 0 spiro atoms. The molecule has 382 valence electrons. The van der Waals surface area contributed by atoms with Gasteiger partial charge in [0.2, 0.25) is 11.9 Å². The second kappa shape index (κ2) is 18.0. The second-order valence-corrected chi connectivity index (χ2v) is 24.8. The van der Waals surface area contributed by atoms with Crippen LogP contribution in [-0.4, -0.2) is 51.7 Å². The molecule has 0 aliphatic carbocycles. The van der Waals surface area contributed by atoms with Crippen molar-refractivity contribution < 1.29 is 0 Å². The van der Waals surface area contributed by atoms with Gasteiger partial charge in [-0.2, -0.15) is 19.9 Å². The van der Waals surface area contributed by atoms with E-state index in [1.165, 1.54) is 42.6 Å². The Balaban J connectivity index is 0.936. The number of nitrogens with zero attached hydrogens (tertiary/aromatic N) is 9. The Kier molecular flexibility index (Phi) is 10.1. The van der Waals surface area contributed by atoms with Gasteiger partial charge in [-0.15, -0.1) is 0 Å². The lowest BCUT2D eigenvalue weighted by Gasteiger charge is -2.40. The normalized spacial score (nSPS) is 12.7. The maximum absolute atomic E-state index is 5.48. The fraction of sp³-hybridized carbons (Fsp3) is 0. The van der Waals surface area contributed by atoms with E-state index in [1.54, 1.807) is 0 Å². The molecule has 0 radical (unpaired) electrons. The number of aromatic nitrogens is 9. The zero-order valence-electron chi connectivity index (χ0n) is 44.0. The predicted octanol–water partition coefficient (Wildman–Crippen LogP) is 13.7. The van der Waals surface area contributed by atoms with E-state index in [1.807, 2.05) is 36.4 Å². The molecule has 0 bridgehead atoms. The molecule has 0 amide bonds. The number of para-hydroxylation sites is 7. The maximum atomic E-state index is 5.48. The van der Waals surface area contributed by atoms with Gasteiger partial charge < -0.3 is 4.57 Å². The fourth-order valence-electron chi connectivity index (χ4n) is 13.2. The molecule has 0 fully saturated rings. The largest absolute Gasteiger partial charge is 0.309 e. The third-order valence-corrected chi connectivity index (χ3v) is 21.4.